The molecule has 6 heteroatoms. The molecule has 21 heavy (non-hydrogen) atoms. The minimum atomic E-state index is -2.88. The highest BCUT2D eigenvalue weighted by Gasteiger charge is 2.31. The zero-order valence-corrected chi connectivity index (χ0v) is 14.1. The van der Waals surface area contributed by atoms with Crippen LogP contribution in [0.25, 0.3) is 0 Å². The van der Waals surface area contributed by atoms with E-state index in [0.29, 0.717) is 12.3 Å². The number of pyridine rings is 1. The van der Waals surface area contributed by atoms with E-state index in [1.165, 1.54) is 5.56 Å². The summed E-state index contributed by atoms with van der Waals surface area (Å²) in [4.78, 5) is 6.73. The zero-order valence-electron chi connectivity index (χ0n) is 13.3. The van der Waals surface area contributed by atoms with Crippen LogP contribution in [0.5, 0.6) is 0 Å². The van der Waals surface area contributed by atoms with Gasteiger partial charge in [0.1, 0.15) is 5.82 Å². The fourth-order valence-electron chi connectivity index (χ4n) is 2.64. The normalized spacial score (nSPS) is 20.9. The molecule has 1 aliphatic rings. The molecule has 0 aromatic carbocycles. The van der Waals surface area contributed by atoms with Crippen molar-refractivity contribution in [2.24, 2.45) is 0 Å². The van der Waals surface area contributed by atoms with Crippen molar-refractivity contribution in [3.63, 3.8) is 0 Å². The van der Waals surface area contributed by atoms with E-state index < -0.39 is 9.84 Å². The van der Waals surface area contributed by atoms with E-state index in [1.54, 1.807) is 0 Å². The first-order valence-electron chi connectivity index (χ1n) is 7.41. The highest BCUT2D eigenvalue weighted by atomic mass is 32.2. The second-order valence-electron chi connectivity index (χ2n) is 6.11. The molecule has 1 saturated heterocycles. The molecule has 0 spiro atoms. The van der Waals surface area contributed by atoms with E-state index >= 15 is 0 Å². The number of aromatic nitrogens is 1. The lowest BCUT2D eigenvalue weighted by atomic mass is 10.1. The molecule has 0 amide bonds. The second kappa shape index (κ2) is 6.32. The third kappa shape index (κ3) is 3.95. The van der Waals surface area contributed by atoms with Crippen LogP contribution in [0, 0.1) is 0 Å². The average Bonchev–Trinajstić information content (AvgIpc) is 2.78. The van der Waals surface area contributed by atoms with Crippen molar-refractivity contribution >= 4 is 15.7 Å². The molecule has 0 saturated carbocycles. The number of hydrogen-bond donors (Lipinski definition) is 1. The van der Waals surface area contributed by atoms with Gasteiger partial charge < -0.3 is 10.2 Å². The molecule has 1 fully saturated rings. The van der Waals surface area contributed by atoms with Crippen molar-refractivity contribution in [2.45, 2.75) is 38.8 Å². The summed E-state index contributed by atoms with van der Waals surface area (Å²) < 4.78 is 23.3. The van der Waals surface area contributed by atoms with Crippen molar-refractivity contribution in [3.05, 3.63) is 23.4 Å². The number of rotatable bonds is 5. The Bertz CT molecular complexity index is 599. The van der Waals surface area contributed by atoms with Gasteiger partial charge in [-0.2, -0.15) is 0 Å². The Morgan fingerprint density at radius 3 is 2.67 bits per heavy atom. The largest absolute Gasteiger partial charge is 0.356 e. The molecule has 1 aliphatic heterocycles. The van der Waals surface area contributed by atoms with Crippen LogP contribution < -0.4 is 10.2 Å². The molecular weight excluding hydrogens is 286 g/mol. The Labute approximate surface area is 127 Å². The smallest absolute Gasteiger partial charge is 0.152 e. The molecule has 1 N–H and O–H groups in total. The maximum absolute atomic E-state index is 11.7. The summed E-state index contributed by atoms with van der Waals surface area (Å²) in [7, 11) is 0.988. The Morgan fingerprint density at radius 2 is 2.14 bits per heavy atom. The molecular formula is C15H25N3O2S. The van der Waals surface area contributed by atoms with Crippen LogP contribution in [0.2, 0.25) is 0 Å². The summed E-state index contributed by atoms with van der Waals surface area (Å²) >= 11 is 0. The second-order valence-corrected chi connectivity index (χ2v) is 8.34. The van der Waals surface area contributed by atoms with Gasteiger partial charge in [-0.3, -0.25) is 0 Å². The van der Waals surface area contributed by atoms with Crippen molar-refractivity contribution in [2.75, 3.05) is 30.5 Å². The van der Waals surface area contributed by atoms with Gasteiger partial charge in [-0.1, -0.05) is 13.8 Å². The average molecular weight is 311 g/mol. The van der Waals surface area contributed by atoms with Gasteiger partial charge in [0, 0.05) is 25.3 Å². The van der Waals surface area contributed by atoms with E-state index in [2.05, 4.69) is 25.2 Å². The molecule has 5 nitrogen and oxygen atoms in total. The number of nitrogens with one attached hydrogen (secondary N) is 1. The van der Waals surface area contributed by atoms with Gasteiger partial charge in [-0.15, -0.1) is 0 Å². The molecule has 2 heterocycles. The van der Waals surface area contributed by atoms with E-state index in [-0.39, 0.29) is 17.5 Å². The molecule has 1 atom stereocenters. The summed E-state index contributed by atoms with van der Waals surface area (Å²) in [5, 5.41) is 3.16. The Kier molecular flexibility index (Phi) is 4.88. The highest BCUT2D eigenvalue weighted by molar-refractivity contribution is 7.91. The van der Waals surface area contributed by atoms with Gasteiger partial charge >= 0.3 is 0 Å². The summed E-state index contributed by atoms with van der Waals surface area (Å²) in [6.45, 7) is 5.02. The van der Waals surface area contributed by atoms with E-state index in [0.717, 1.165) is 18.1 Å². The Morgan fingerprint density at radius 1 is 1.43 bits per heavy atom. The van der Waals surface area contributed by atoms with Gasteiger partial charge in [0.15, 0.2) is 9.84 Å². The maximum Gasteiger partial charge on any atom is 0.152 e. The van der Waals surface area contributed by atoms with Crippen molar-refractivity contribution in [1.82, 2.24) is 10.3 Å². The van der Waals surface area contributed by atoms with Crippen LogP contribution in [-0.2, 0) is 16.4 Å². The summed E-state index contributed by atoms with van der Waals surface area (Å²) in [5.41, 5.74) is 2.23. The molecule has 1 aromatic heterocycles. The molecule has 118 valence electrons. The first kappa shape index (κ1) is 16.2. The van der Waals surface area contributed by atoms with Crippen molar-refractivity contribution in [1.29, 1.82) is 0 Å². The number of hydrogen-bond acceptors (Lipinski definition) is 5. The van der Waals surface area contributed by atoms with E-state index in [4.69, 9.17) is 4.98 Å². The third-order valence-corrected chi connectivity index (χ3v) is 5.73. The Hall–Kier alpha value is -1.14. The van der Waals surface area contributed by atoms with Crippen LogP contribution in [0.1, 0.15) is 37.4 Å². The van der Waals surface area contributed by atoms with Gasteiger partial charge in [0.25, 0.3) is 0 Å². The van der Waals surface area contributed by atoms with Gasteiger partial charge in [0.05, 0.1) is 11.5 Å². The number of sulfone groups is 1. The third-order valence-electron chi connectivity index (χ3n) is 3.98. The monoisotopic (exact) mass is 311 g/mol. The zero-order chi connectivity index (χ0) is 15.6. The summed E-state index contributed by atoms with van der Waals surface area (Å²) in [6, 6.07) is 4.20. The summed E-state index contributed by atoms with van der Waals surface area (Å²) in [5.74, 6) is 1.74. The van der Waals surface area contributed by atoms with Gasteiger partial charge in [-0.05, 0) is 37.1 Å². The van der Waals surface area contributed by atoms with Gasteiger partial charge in [0.2, 0.25) is 0 Å². The van der Waals surface area contributed by atoms with Crippen LogP contribution in [0.3, 0.4) is 0 Å². The predicted molar refractivity (Wildman–Crippen MR) is 86.6 cm³/mol. The quantitative estimate of drug-likeness (QED) is 0.894. The van der Waals surface area contributed by atoms with Crippen molar-refractivity contribution < 1.29 is 8.42 Å². The fraction of sp³-hybridized carbons (Fsp3) is 0.667. The van der Waals surface area contributed by atoms with Crippen LogP contribution >= 0.6 is 0 Å². The minimum absolute atomic E-state index is 0.0346. The van der Waals surface area contributed by atoms with E-state index in [9.17, 15) is 8.42 Å². The maximum atomic E-state index is 11.7. The fourth-order valence-corrected chi connectivity index (χ4v) is 4.42. The predicted octanol–water partition coefficient (Wildman–Crippen LogP) is 1.55. The topological polar surface area (TPSA) is 62.3 Å². The molecule has 2 rings (SSSR count). The first-order chi connectivity index (χ1) is 9.82. The number of nitrogens with zero attached hydrogens (tertiary/aromatic N) is 2. The lowest BCUT2D eigenvalue weighted by Crippen LogP contribution is -2.33. The van der Waals surface area contributed by atoms with Crippen LogP contribution in [0.15, 0.2) is 12.1 Å². The lowest BCUT2D eigenvalue weighted by Gasteiger charge is -2.26. The van der Waals surface area contributed by atoms with E-state index in [1.807, 2.05) is 25.1 Å². The Balaban J connectivity index is 2.29. The minimum Gasteiger partial charge on any atom is -0.356 e. The van der Waals surface area contributed by atoms with Gasteiger partial charge in [-0.25, -0.2) is 13.4 Å². The summed E-state index contributed by atoms with van der Waals surface area (Å²) in [6.07, 6.45) is 0.688. The lowest BCUT2D eigenvalue weighted by molar-refractivity contribution is 0.600. The van der Waals surface area contributed by atoms with Crippen LogP contribution in [0.4, 0.5) is 5.82 Å². The molecule has 0 bridgehead atoms. The first-order valence-corrected chi connectivity index (χ1v) is 9.23. The SMILES string of the molecule is CNCc1cc(C(C)C)nc(N(C)C2CCS(=O)(=O)C2)c1. The number of anilines is 1. The van der Waals surface area contributed by atoms with Crippen molar-refractivity contribution in [3.8, 4) is 0 Å². The standard InChI is InChI=1S/C15H25N3O2S/c1-11(2)14-7-12(9-16-3)8-15(17-14)18(4)13-5-6-21(19,20)10-13/h7-8,11,13,16H,5-6,9-10H2,1-4H3. The molecule has 1 aromatic rings. The highest BCUT2D eigenvalue weighted by Crippen LogP contribution is 2.24. The molecule has 0 radical (unpaired) electrons. The molecule has 1 unspecified atom stereocenters. The molecule has 0 aliphatic carbocycles. The van der Waals surface area contributed by atoms with Crippen LogP contribution in [-0.4, -0.2) is 45.0 Å².